The van der Waals surface area contributed by atoms with E-state index in [0.717, 1.165) is 6.08 Å². The Labute approximate surface area is 97.9 Å². The smallest absolute Gasteiger partial charge is 0.331 e. The maximum atomic E-state index is 13.2. The van der Waals surface area contributed by atoms with Crippen LogP contribution in [0.4, 0.5) is 4.39 Å². The first-order valence-electron chi connectivity index (χ1n) is 4.93. The fraction of sp³-hybridized carbons (Fsp3) is 0.167. The molecule has 1 atom stereocenters. The molecule has 0 saturated carbocycles. The molecule has 4 nitrogen and oxygen atoms in total. The third-order valence-corrected chi connectivity index (χ3v) is 2.00. The van der Waals surface area contributed by atoms with Gasteiger partial charge in [-0.15, -0.1) is 0 Å². The molecule has 0 aliphatic rings. The number of carbonyl (C=O) groups is 2. The average Bonchev–Trinajstić information content (AvgIpc) is 2.27. The number of primary amides is 1. The molecular weight excluding hydrogens is 225 g/mol. The Hall–Kier alpha value is -2.17. The van der Waals surface area contributed by atoms with Crippen molar-refractivity contribution in [3.63, 3.8) is 0 Å². The molecule has 0 radical (unpaired) electrons. The zero-order valence-electron chi connectivity index (χ0n) is 9.22. The Morgan fingerprint density at radius 1 is 1.41 bits per heavy atom. The number of nitrogens with two attached hydrogens (primary N) is 1. The topological polar surface area (TPSA) is 69.4 Å². The van der Waals surface area contributed by atoms with E-state index >= 15 is 0 Å². The molecule has 1 rings (SSSR count). The van der Waals surface area contributed by atoms with Crippen LogP contribution >= 0.6 is 0 Å². The molecular formula is C12H12FNO3. The molecule has 0 saturated heterocycles. The summed E-state index contributed by atoms with van der Waals surface area (Å²) >= 11 is 0. The van der Waals surface area contributed by atoms with Gasteiger partial charge in [-0.05, 0) is 19.1 Å². The number of ether oxygens (including phenoxy) is 1. The number of amides is 1. The van der Waals surface area contributed by atoms with Gasteiger partial charge < -0.3 is 10.5 Å². The van der Waals surface area contributed by atoms with E-state index in [0.29, 0.717) is 0 Å². The zero-order chi connectivity index (χ0) is 12.8. The van der Waals surface area contributed by atoms with Crippen molar-refractivity contribution in [1.29, 1.82) is 0 Å². The zero-order valence-corrected chi connectivity index (χ0v) is 9.22. The molecule has 0 aliphatic heterocycles. The third kappa shape index (κ3) is 4.06. The minimum Gasteiger partial charge on any atom is -0.449 e. The van der Waals surface area contributed by atoms with Crippen LogP contribution in [0.1, 0.15) is 12.5 Å². The highest BCUT2D eigenvalue weighted by atomic mass is 19.1. The molecule has 1 amide bonds. The van der Waals surface area contributed by atoms with Crippen LogP contribution < -0.4 is 5.73 Å². The second kappa shape index (κ2) is 5.79. The van der Waals surface area contributed by atoms with E-state index in [1.165, 1.54) is 25.1 Å². The van der Waals surface area contributed by atoms with Gasteiger partial charge in [0.15, 0.2) is 6.10 Å². The first-order valence-corrected chi connectivity index (χ1v) is 4.93. The van der Waals surface area contributed by atoms with Gasteiger partial charge in [0.1, 0.15) is 5.82 Å². The molecule has 0 heterocycles. The molecule has 1 aromatic carbocycles. The van der Waals surface area contributed by atoms with E-state index in [9.17, 15) is 14.0 Å². The van der Waals surface area contributed by atoms with Crippen LogP contribution in [0.5, 0.6) is 0 Å². The molecule has 90 valence electrons. The van der Waals surface area contributed by atoms with E-state index in [2.05, 4.69) is 4.74 Å². The number of carbonyl (C=O) groups excluding carboxylic acids is 2. The number of hydrogen-bond donors (Lipinski definition) is 1. The summed E-state index contributed by atoms with van der Waals surface area (Å²) in [5, 5.41) is 0. The lowest BCUT2D eigenvalue weighted by Crippen LogP contribution is -2.29. The van der Waals surface area contributed by atoms with Crippen LogP contribution in [0, 0.1) is 5.82 Å². The van der Waals surface area contributed by atoms with Gasteiger partial charge in [-0.3, -0.25) is 4.79 Å². The van der Waals surface area contributed by atoms with Gasteiger partial charge in [-0.2, -0.15) is 0 Å². The summed E-state index contributed by atoms with van der Waals surface area (Å²) in [6.45, 7) is 1.36. The van der Waals surface area contributed by atoms with Crippen molar-refractivity contribution < 1.29 is 18.7 Å². The van der Waals surface area contributed by atoms with Crippen molar-refractivity contribution in [3.8, 4) is 0 Å². The van der Waals surface area contributed by atoms with Gasteiger partial charge in [0.05, 0.1) is 0 Å². The third-order valence-electron chi connectivity index (χ3n) is 2.00. The van der Waals surface area contributed by atoms with Crippen molar-refractivity contribution >= 4 is 18.0 Å². The summed E-state index contributed by atoms with van der Waals surface area (Å²) in [5.74, 6) is -1.93. The Kier molecular flexibility index (Phi) is 4.39. The van der Waals surface area contributed by atoms with Gasteiger partial charge in [-0.1, -0.05) is 18.2 Å². The van der Waals surface area contributed by atoms with Crippen LogP contribution in [-0.2, 0) is 14.3 Å². The van der Waals surface area contributed by atoms with E-state index < -0.39 is 23.8 Å². The molecule has 0 aromatic heterocycles. The predicted molar refractivity (Wildman–Crippen MR) is 60.2 cm³/mol. The number of benzene rings is 1. The number of rotatable bonds is 4. The van der Waals surface area contributed by atoms with E-state index in [1.54, 1.807) is 12.1 Å². The molecule has 0 aliphatic carbocycles. The summed E-state index contributed by atoms with van der Waals surface area (Å²) in [6.07, 6.45) is 1.30. The van der Waals surface area contributed by atoms with Crippen molar-refractivity contribution in [2.24, 2.45) is 5.73 Å². The van der Waals surface area contributed by atoms with Crippen molar-refractivity contribution in [1.82, 2.24) is 0 Å². The molecule has 0 fully saturated rings. The first kappa shape index (κ1) is 12.9. The summed E-state index contributed by atoms with van der Waals surface area (Å²) in [4.78, 5) is 21.8. The second-order valence-electron chi connectivity index (χ2n) is 3.34. The Morgan fingerprint density at radius 2 is 2.06 bits per heavy atom. The van der Waals surface area contributed by atoms with E-state index in [1.807, 2.05) is 0 Å². The number of halogens is 1. The fourth-order valence-electron chi connectivity index (χ4n) is 1.04. The van der Waals surface area contributed by atoms with Crippen LogP contribution in [-0.4, -0.2) is 18.0 Å². The lowest BCUT2D eigenvalue weighted by Gasteiger charge is -2.06. The van der Waals surface area contributed by atoms with Gasteiger partial charge in [0, 0.05) is 11.6 Å². The molecule has 0 spiro atoms. The maximum absolute atomic E-state index is 13.2. The minimum atomic E-state index is -1.01. The highest BCUT2D eigenvalue weighted by Crippen LogP contribution is 2.08. The number of hydrogen-bond acceptors (Lipinski definition) is 3. The Morgan fingerprint density at radius 3 is 2.65 bits per heavy atom. The molecule has 1 aromatic rings. The van der Waals surface area contributed by atoms with E-state index in [4.69, 9.17) is 5.73 Å². The normalized spacial score (nSPS) is 12.4. The van der Waals surface area contributed by atoms with Gasteiger partial charge >= 0.3 is 5.97 Å². The second-order valence-corrected chi connectivity index (χ2v) is 3.34. The lowest BCUT2D eigenvalue weighted by molar-refractivity contribution is -0.148. The van der Waals surface area contributed by atoms with Crippen molar-refractivity contribution in [3.05, 3.63) is 41.7 Å². The largest absolute Gasteiger partial charge is 0.449 e. The molecule has 0 bridgehead atoms. The summed E-state index contributed by atoms with van der Waals surface area (Å²) in [5.41, 5.74) is 5.18. The highest BCUT2D eigenvalue weighted by molar-refractivity contribution is 5.89. The summed E-state index contributed by atoms with van der Waals surface area (Å²) < 4.78 is 17.8. The van der Waals surface area contributed by atoms with Crippen LogP contribution in [0.2, 0.25) is 0 Å². The molecule has 17 heavy (non-hydrogen) atoms. The first-order chi connectivity index (χ1) is 8.00. The van der Waals surface area contributed by atoms with Crippen LogP contribution in [0.3, 0.4) is 0 Å². The standard InChI is InChI=1S/C12H12FNO3/c1-8(12(14)16)17-11(15)7-6-9-4-2-3-5-10(9)13/h2-8H,1H3,(H2,14,16)/b7-6+/t8-/m0/s1. The molecule has 2 N–H and O–H groups in total. The predicted octanol–water partition coefficient (Wildman–Crippen LogP) is 1.26. The Bertz CT molecular complexity index is 457. The SMILES string of the molecule is C[C@H](OC(=O)/C=C/c1ccccc1F)C(N)=O. The molecule has 0 unspecified atom stereocenters. The fourth-order valence-corrected chi connectivity index (χ4v) is 1.04. The number of esters is 1. The Balaban J connectivity index is 2.63. The maximum Gasteiger partial charge on any atom is 0.331 e. The lowest BCUT2D eigenvalue weighted by atomic mass is 10.2. The van der Waals surface area contributed by atoms with Gasteiger partial charge in [0.25, 0.3) is 5.91 Å². The van der Waals surface area contributed by atoms with E-state index in [-0.39, 0.29) is 5.56 Å². The average molecular weight is 237 g/mol. The minimum absolute atomic E-state index is 0.260. The summed E-state index contributed by atoms with van der Waals surface area (Å²) in [7, 11) is 0. The highest BCUT2D eigenvalue weighted by Gasteiger charge is 2.12. The molecule has 5 heteroatoms. The monoisotopic (exact) mass is 237 g/mol. The van der Waals surface area contributed by atoms with Crippen molar-refractivity contribution in [2.45, 2.75) is 13.0 Å². The van der Waals surface area contributed by atoms with Crippen molar-refractivity contribution in [2.75, 3.05) is 0 Å². The van der Waals surface area contributed by atoms with Gasteiger partial charge in [0.2, 0.25) is 0 Å². The summed E-state index contributed by atoms with van der Waals surface area (Å²) in [6, 6.07) is 5.97. The van der Waals surface area contributed by atoms with Crippen LogP contribution in [0.15, 0.2) is 30.3 Å². The van der Waals surface area contributed by atoms with Crippen LogP contribution in [0.25, 0.3) is 6.08 Å². The quantitative estimate of drug-likeness (QED) is 0.633. The van der Waals surface area contributed by atoms with Gasteiger partial charge in [-0.25, -0.2) is 9.18 Å².